The summed E-state index contributed by atoms with van der Waals surface area (Å²) in [6, 6.07) is 20.7. The van der Waals surface area contributed by atoms with E-state index in [1.807, 2.05) is 12.1 Å². The van der Waals surface area contributed by atoms with Gasteiger partial charge in [-0.2, -0.15) is 4.31 Å². The summed E-state index contributed by atoms with van der Waals surface area (Å²) in [7, 11) is -3.94. The summed E-state index contributed by atoms with van der Waals surface area (Å²) in [5, 5.41) is 7.25. The average molecular weight is 590 g/mol. The predicted octanol–water partition coefficient (Wildman–Crippen LogP) is 6.41. The zero-order valence-electron chi connectivity index (χ0n) is 19.9. The Bertz CT molecular complexity index is 1500. The number of hydrogen-bond donors (Lipinski definition) is 2. The van der Waals surface area contributed by atoms with Crippen LogP contribution in [0, 0.1) is 5.82 Å². The molecular formula is C27H23Cl2FN4O2S2. The van der Waals surface area contributed by atoms with Gasteiger partial charge in [0, 0.05) is 37.7 Å². The fraction of sp³-hybridized carbons (Fsp3) is 0.111. The summed E-state index contributed by atoms with van der Waals surface area (Å²) in [6.07, 6.45) is 3.40. The summed E-state index contributed by atoms with van der Waals surface area (Å²) < 4.78 is 42.1. The lowest BCUT2D eigenvalue weighted by Crippen LogP contribution is -2.30. The summed E-state index contributed by atoms with van der Waals surface area (Å²) in [5.41, 5.74) is 2.95. The molecule has 0 aliphatic heterocycles. The number of nitrogens with zero attached hydrogens (tertiary/aromatic N) is 2. The van der Waals surface area contributed by atoms with Gasteiger partial charge in [-0.15, -0.1) is 0 Å². The minimum absolute atomic E-state index is 0.0336. The molecule has 1 aromatic heterocycles. The van der Waals surface area contributed by atoms with Crippen molar-refractivity contribution in [2.45, 2.75) is 24.5 Å². The van der Waals surface area contributed by atoms with Gasteiger partial charge in [0.1, 0.15) is 5.82 Å². The first-order valence-corrected chi connectivity index (χ1v) is 14.0. The van der Waals surface area contributed by atoms with Crippen LogP contribution < -0.4 is 10.6 Å². The van der Waals surface area contributed by atoms with Gasteiger partial charge in [-0.1, -0.05) is 41.4 Å². The minimum Gasteiger partial charge on any atom is -0.358 e. The Labute approximate surface area is 236 Å². The number of halogens is 3. The Hall–Kier alpha value is -3.08. The molecule has 38 heavy (non-hydrogen) atoms. The van der Waals surface area contributed by atoms with Crippen LogP contribution in [0.3, 0.4) is 0 Å². The molecule has 0 spiro atoms. The molecule has 0 aliphatic carbocycles. The van der Waals surface area contributed by atoms with Gasteiger partial charge in [-0.3, -0.25) is 4.98 Å². The Morgan fingerprint density at radius 1 is 0.842 bits per heavy atom. The molecular weight excluding hydrogens is 566 g/mol. The molecule has 0 saturated heterocycles. The van der Waals surface area contributed by atoms with Crippen LogP contribution in [0.4, 0.5) is 10.1 Å². The van der Waals surface area contributed by atoms with E-state index in [1.165, 1.54) is 28.6 Å². The number of pyridine rings is 1. The fourth-order valence-electron chi connectivity index (χ4n) is 3.58. The first-order valence-electron chi connectivity index (χ1n) is 11.4. The van der Waals surface area contributed by atoms with Crippen LogP contribution in [-0.4, -0.2) is 22.8 Å². The van der Waals surface area contributed by atoms with Crippen molar-refractivity contribution in [3.05, 3.63) is 124 Å². The number of anilines is 1. The maximum atomic E-state index is 13.7. The van der Waals surface area contributed by atoms with Gasteiger partial charge in [-0.25, -0.2) is 12.8 Å². The van der Waals surface area contributed by atoms with Crippen molar-refractivity contribution in [3.63, 3.8) is 0 Å². The van der Waals surface area contributed by atoms with Crippen LogP contribution in [0.5, 0.6) is 0 Å². The van der Waals surface area contributed by atoms with E-state index >= 15 is 0 Å². The van der Waals surface area contributed by atoms with E-state index in [-0.39, 0.29) is 18.0 Å². The van der Waals surface area contributed by atoms with Gasteiger partial charge in [0.25, 0.3) is 0 Å². The third-order valence-electron chi connectivity index (χ3n) is 5.57. The number of thiocarbonyl (C=S) groups is 1. The summed E-state index contributed by atoms with van der Waals surface area (Å²) in [4.78, 5) is 4.08. The van der Waals surface area contributed by atoms with Crippen molar-refractivity contribution >= 4 is 56.2 Å². The SMILES string of the molecule is O=S(=O)(c1ccc(NC(=S)NCc2ccncc2)cc1)N(Cc1ccc(F)cc1)Cc1ccc(Cl)c(Cl)c1. The van der Waals surface area contributed by atoms with E-state index in [0.717, 1.165) is 5.56 Å². The highest BCUT2D eigenvalue weighted by Crippen LogP contribution is 2.27. The second kappa shape index (κ2) is 12.6. The normalized spacial score (nSPS) is 11.4. The smallest absolute Gasteiger partial charge is 0.243 e. The molecule has 0 saturated carbocycles. The summed E-state index contributed by atoms with van der Waals surface area (Å²) in [6.45, 7) is 0.597. The predicted molar refractivity (Wildman–Crippen MR) is 153 cm³/mol. The Morgan fingerprint density at radius 3 is 2.13 bits per heavy atom. The molecule has 0 aliphatic rings. The molecule has 6 nitrogen and oxygen atoms in total. The van der Waals surface area contributed by atoms with E-state index in [9.17, 15) is 12.8 Å². The zero-order valence-corrected chi connectivity index (χ0v) is 23.1. The molecule has 0 unspecified atom stereocenters. The Balaban J connectivity index is 1.51. The third kappa shape index (κ3) is 7.49. The van der Waals surface area contributed by atoms with Gasteiger partial charge < -0.3 is 10.6 Å². The van der Waals surface area contributed by atoms with Crippen molar-refractivity contribution in [1.29, 1.82) is 0 Å². The van der Waals surface area contributed by atoms with Crippen molar-refractivity contribution < 1.29 is 12.8 Å². The maximum absolute atomic E-state index is 13.7. The van der Waals surface area contributed by atoms with Gasteiger partial charge in [-0.05, 0) is 89.6 Å². The van der Waals surface area contributed by atoms with Crippen LogP contribution in [0.2, 0.25) is 10.0 Å². The minimum atomic E-state index is -3.94. The molecule has 1 heterocycles. The number of rotatable bonds is 9. The third-order valence-corrected chi connectivity index (χ3v) is 8.36. The van der Waals surface area contributed by atoms with Crippen LogP contribution in [0.25, 0.3) is 0 Å². The molecule has 0 radical (unpaired) electrons. The van der Waals surface area contributed by atoms with E-state index in [4.69, 9.17) is 35.4 Å². The number of nitrogens with one attached hydrogen (secondary N) is 2. The van der Waals surface area contributed by atoms with Crippen molar-refractivity contribution in [2.24, 2.45) is 0 Å². The molecule has 4 rings (SSSR count). The lowest BCUT2D eigenvalue weighted by atomic mass is 10.2. The van der Waals surface area contributed by atoms with E-state index in [1.54, 1.807) is 54.9 Å². The van der Waals surface area contributed by atoms with Crippen LogP contribution >= 0.6 is 35.4 Å². The van der Waals surface area contributed by atoms with E-state index in [0.29, 0.717) is 38.5 Å². The number of aromatic nitrogens is 1. The van der Waals surface area contributed by atoms with Gasteiger partial charge in [0.2, 0.25) is 10.0 Å². The monoisotopic (exact) mass is 588 g/mol. The molecule has 0 amide bonds. The van der Waals surface area contributed by atoms with Gasteiger partial charge in [0.15, 0.2) is 5.11 Å². The summed E-state index contributed by atoms with van der Waals surface area (Å²) >= 11 is 17.5. The molecule has 0 bridgehead atoms. The highest BCUT2D eigenvalue weighted by Gasteiger charge is 2.25. The second-order valence-electron chi connectivity index (χ2n) is 8.34. The number of hydrogen-bond acceptors (Lipinski definition) is 4. The summed E-state index contributed by atoms with van der Waals surface area (Å²) in [5.74, 6) is -0.399. The van der Waals surface area contributed by atoms with Crippen molar-refractivity contribution in [3.8, 4) is 0 Å². The Kier molecular flexibility index (Phi) is 9.30. The quantitative estimate of drug-likeness (QED) is 0.220. The largest absolute Gasteiger partial charge is 0.358 e. The molecule has 4 aromatic rings. The molecule has 0 fully saturated rings. The van der Waals surface area contributed by atoms with Crippen LogP contribution in [0.15, 0.2) is 96.2 Å². The highest BCUT2D eigenvalue weighted by atomic mass is 35.5. The lowest BCUT2D eigenvalue weighted by Gasteiger charge is -2.23. The molecule has 0 atom stereocenters. The van der Waals surface area contributed by atoms with Crippen LogP contribution in [0.1, 0.15) is 16.7 Å². The molecule has 11 heteroatoms. The van der Waals surface area contributed by atoms with Gasteiger partial charge >= 0.3 is 0 Å². The highest BCUT2D eigenvalue weighted by molar-refractivity contribution is 7.89. The van der Waals surface area contributed by atoms with Crippen LogP contribution in [-0.2, 0) is 29.7 Å². The van der Waals surface area contributed by atoms with Crippen molar-refractivity contribution in [2.75, 3.05) is 5.32 Å². The molecule has 196 valence electrons. The number of sulfonamides is 1. The number of benzene rings is 3. The maximum Gasteiger partial charge on any atom is 0.243 e. The van der Waals surface area contributed by atoms with Crippen molar-refractivity contribution in [1.82, 2.24) is 14.6 Å². The fourth-order valence-corrected chi connectivity index (χ4v) is 5.51. The van der Waals surface area contributed by atoms with E-state index in [2.05, 4.69) is 15.6 Å². The first-order chi connectivity index (χ1) is 18.2. The van der Waals surface area contributed by atoms with E-state index < -0.39 is 15.8 Å². The second-order valence-corrected chi connectivity index (χ2v) is 11.5. The first kappa shape index (κ1) is 27.9. The molecule has 2 N–H and O–H groups in total. The Morgan fingerprint density at radius 2 is 1.47 bits per heavy atom. The zero-order chi connectivity index (χ0) is 27.1. The van der Waals surface area contributed by atoms with Gasteiger partial charge in [0.05, 0.1) is 14.9 Å². The molecule has 3 aromatic carbocycles. The lowest BCUT2D eigenvalue weighted by molar-refractivity contribution is 0.401. The topological polar surface area (TPSA) is 74.3 Å². The standard InChI is InChI=1S/C27H23Cl2FN4O2S2/c28-25-10-3-21(15-26(25)29)18-34(17-20-1-4-22(30)5-2-20)38(35,36)24-8-6-23(7-9-24)33-27(37)32-16-19-11-13-31-14-12-19/h1-15H,16-18H2,(H2,32,33,37). The average Bonchev–Trinajstić information content (AvgIpc) is 2.91.